The number of thiophene rings is 1. The van der Waals surface area contributed by atoms with Crippen molar-refractivity contribution in [2.24, 2.45) is 0 Å². The Balaban J connectivity index is 1.67. The lowest BCUT2D eigenvalue weighted by Crippen LogP contribution is -2.07. The van der Waals surface area contributed by atoms with E-state index in [-0.39, 0.29) is 5.91 Å². The van der Waals surface area contributed by atoms with Crippen LogP contribution in [-0.4, -0.2) is 18.0 Å². The molecule has 0 unspecified atom stereocenters. The molecule has 2 aromatic heterocycles. The van der Waals surface area contributed by atoms with Gasteiger partial charge in [0.25, 0.3) is 0 Å². The van der Waals surface area contributed by atoms with Crippen molar-refractivity contribution >= 4 is 39.8 Å². The standard InChI is InChI=1S/C17H14N2O2S2/c1-21-14-6-3-2-5-12(14)8-9-16(20)19-17-18-13(11-23-17)15-7-4-10-22-15/h2-11H,1H3,(H,18,19,20)/b9-8+. The predicted molar refractivity (Wildman–Crippen MR) is 96.1 cm³/mol. The van der Waals surface area contributed by atoms with E-state index in [4.69, 9.17) is 4.74 Å². The highest BCUT2D eigenvalue weighted by Gasteiger charge is 2.07. The van der Waals surface area contributed by atoms with Crippen molar-refractivity contribution in [3.63, 3.8) is 0 Å². The maximum absolute atomic E-state index is 12.0. The SMILES string of the molecule is COc1ccccc1/C=C/C(=O)Nc1nc(-c2cccs2)cs1. The second kappa shape index (κ2) is 7.21. The molecule has 3 rings (SSSR count). The zero-order valence-corrected chi connectivity index (χ0v) is 14.0. The minimum atomic E-state index is -0.219. The Morgan fingerprint density at radius 3 is 2.87 bits per heavy atom. The molecule has 0 aliphatic carbocycles. The Morgan fingerprint density at radius 1 is 1.22 bits per heavy atom. The third-order valence-corrected chi connectivity index (χ3v) is 4.71. The van der Waals surface area contributed by atoms with Crippen LogP contribution >= 0.6 is 22.7 Å². The largest absolute Gasteiger partial charge is 0.496 e. The van der Waals surface area contributed by atoms with E-state index in [1.54, 1.807) is 24.5 Å². The topological polar surface area (TPSA) is 51.2 Å². The van der Waals surface area contributed by atoms with Gasteiger partial charge in [0.05, 0.1) is 17.7 Å². The van der Waals surface area contributed by atoms with Crippen molar-refractivity contribution in [2.45, 2.75) is 0 Å². The van der Waals surface area contributed by atoms with Gasteiger partial charge in [-0.15, -0.1) is 22.7 Å². The number of hydrogen-bond donors (Lipinski definition) is 1. The summed E-state index contributed by atoms with van der Waals surface area (Å²) in [4.78, 5) is 17.5. The van der Waals surface area contributed by atoms with Gasteiger partial charge in [-0.25, -0.2) is 4.98 Å². The molecule has 2 heterocycles. The maximum atomic E-state index is 12.0. The summed E-state index contributed by atoms with van der Waals surface area (Å²) >= 11 is 3.03. The molecule has 0 radical (unpaired) electrons. The fourth-order valence-electron chi connectivity index (χ4n) is 1.99. The molecule has 23 heavy (non-hydrogen) atoms. The fourth-order valence-corrected chi connectivity index (χ4v) is 3.46. The highest BCUT2D eigenvalue weighted by atomic mass is 32.1. The van der Waals surface area contributed by atoms with Gasteiger partial charge in [-0.05, 0) is 23.6 Å². The van der Waals surface area contributed by atoms with Gasteiger partial charge >= 0.3 is 0 Å². The first kappa shape index (κ1) is 15.5. The molecular weight excluding hydrogens is 328 g/mol. The van der Waals surface area contributed by atoms with E-state index in [2.05, 4.69) is 10.3 Å². The van der Waals surface area contributed by atoms with Crippen LogP contribution in [0.2, 0.25) is 0 Å². The second-order valence-electron chi connectivity index (χ2n) is 4.58. The Kier molecular flexibility index (Phi) is 4.85. The summed E-state index contributed by atoms with van der Waals surface area (Å²) < 4.78 is 5.25. The summed E-state index contributed by atoms with van der Waals surface area (Å²) in [5, 5.41) is 7.30. The molecular formula is C17H14N2O2S2. The number of anilines is 1. The molecule has 0 atom stereocenters. The van der Waals surface area contributed by atoms with Gasteiger partial charge in [0.1, 0.15) is 5.75 Å². The molecule has 0 aliphatic heterocycles. The van der Waals surface area contributed by atoms with Crippen LogP contribution in [0.3, 0.4) is 0 Å². The van der Waals surface area contributed by atoms with Crippen LogP contribution in [0, 0.1) is 0 Å². The number of amides is 1. The number of methoxy groups -OCH3 is 1. The Labute approximate surface area is 142 Å². The molecule has 1 amide bonds. The lowest BCUT2D eigenvalue weighted by Gasteiger charge is -2.03. The van der Waals surface area contributed by atoms with E-state index < -0.39 is 0 Å². The number of benzene rings is 1. The average molecular weight is 342 g/mol. The normalized spacial score (nSPS) is 10.8. The van der Waals surface area contributed by atoms with Crippen LogP contribution < -0.4 is 10.1 Å². The van der Waals surface area contributed by atoms with E-state index in [1.807, 2.05) is 47.2 Å². The van der Waals surface area contributed by atoms with Crippen LogP contribution in [0.4, 0.5) is 5.13 Å². The summed E-state index contributed by atoms with van der Waals surface area (Å²) in [5.74, 6) is 0.508. The molecule has 6 heteroatoms. The van der Waals surface area contributed by atoms with Gasteiger partial charge in [0.2, 0.25) is 5.91 Å². The van der Waals surface area contributed by atoms with E-state index in [9.17, 15) is 4.79 Å². The van der Waals surface area contributed by atoms with Gasteiger partial charge < -0.3 is 4.74 Å². The van der Waals surface area contributed by atoms with E-state index in [1.165, 1.54) is 17.4 Å². The van der Waals surface area contributed by atoms with Gasteiger partial charge in [-0.3, -0.25) is 10.1 Å². The predicted octanol–water partition coefficient (Wildman–Crippen LogP) is 4.53. The molecule has 3 aromatic rings. The summed E-state index contributed by atoms with van der Waals surface area (Å²) in [6, 6.07) is 11.5. The highest BCUT2D eigenvalue weighted by Crippen LogP contribution is 2.28. The number of hydrogen-bond acceptors (Lipinski definition) is 5. The molecule has 0 fully saturated rings. The zero-order valence-electron chi connectivity index (χ0n) is 12.4. The molecule has 0 saturated heterocycles. The van der Waals surface area contributed by atoms with Crippen molar-refractivity contribution < 1.29 is 9.53 Å². The Bertz CT molecular complexity index is 823. The van der Waals surface area contributed by atoms with Gasteiger partial charge in [0.15, 0.2) is 5.13 Å². The highest BCUT2D eigenvalue weighted by molar-refractivity contribution is 7.16. The summed E-state index contributed by atoms with van der Waals surface area (Å²) in [6.45, 7) is 0. The number of nitrogens with one attached hydrogen (secondary N) is 1. The number of rotatable bonds is 5. The lowest BCUT2D eigenvalue weighted by molar-refractivity contribution is -0.111. The number of aromatic nitrogens is 1. The molecule has 0 spiro atoms. The van der Waals surface area contributed by atoms with Gasteiger partial charge in [0, 0.05) is 17.0 Å². The van der Waals surface area contributed by atoms with Crippen LogP contribution in [0.25, 0.3) is 16.6 Å². The van der Waals surface area contributed by atoms with Crippen molar-refractivity contribution in [1.29, 1.82) is 0 Å². The molecule has 116 valence electrons. The minimum absolute atomic E-state index is 0.219. The van der Waals surface area contributed by atoms with Crippen LogP contribution in [0.5, 0.6) is 5.75 Å². The number of nitrogens with zero attached hydrogens (tertiary/aromatic N) is 1. The Hall–Kier alpha value is -2.44. The van der Waals surface area contributed by atoms with E-state index in [0.717, 1.165) is 21.9 Å². The monoisotopic (exact) mass is 342 g/mol. The number of para-hydroxylation sites is 1. The second-order valence-corrected chi connectivity index (χ2v) is 6.39. The third-order valence-electron chi connectivity index (χ3n) is 3.06. The van der Waals surface area contributed by atoms with Crippen LogP contribution in [0.1, 0.15) is 5.56 Å². The third kappa shape index (κ3) is 3.85. The minimum Gasteiger partial charge on any atom is -0.496 e. The number of thiazole rings is 1. The van der Waals surface area contributed by atoms with Crippen molar-refractivity contribution in [2.75, 3.05) is 12.4 Å². The molecule has 0 aliphatic rings. The van der Waals surface area contributed by atoms with Gasteiger partial charge in [-0.2, -0.15) is 0 Å². The van der Waals surface area contributed by atoms with Crippen molar-refractivity contribution in [1.82, 2.24) is 4.98 Å². The molecule has 1 aromatic carbocycles. The fraction of sp³-hybridized carbons (Fsp3) is 0.0588. The summed E-state index contributed by atoms with van der Waals surface area (Å²) in [7, 11) is 1.61. The molecule has 0 bridgehead atoms. The first-order chi connectivity index (χ1) is 11.3. The number of ether oxygens (including phenoxy) is 1. The first-order valence-electron chi connectivity index (χ1n) is 6.88. The number of carbonyl (C=O) groups is 1. The molecule has 4 nitrogen and oxygen atoms in total. The quantitative estimate of drug-likeness (QED) is 0.693. The summed E-state index contributed by atoms with van der Waals surface area (Å²) in [6.07, 6.45) is 3.20. The summed E-state index contributed by atoms with van der Waals surface area (Å²) in [5.41, 5.74) is 1.73. The van der Waals surface area contributed by atoms with Gasteiger partial charge in [-0.1, -0.05) is 24.3 Å². The average Bonchev–Trinajstić information content (AvgIpc) is 3.24. The van der Waals surface area contributed by atoms with Crippen molar-refractivity contribution in [3.05, 3.63) is 58.8 Å². The van der Waals surface area contributed by atoms with Crippen LogP contribution in [-0.2, 0) is 4.79 Å². The first-order valence-corrected chi connectivity index (χ1v) is 8.63. The zero-order chi connectivity index (χ0) is 16.1. The van der Waals surface area contributed by atoms with E-state index in [0.29, 0.717) is 5.13 Å². The molecule has 1 N–H and O–H groups in total. The smallest absolute Gasteiger partial charge is 0.250 e. The molecule has 0 saturated carbocycles. The van der Waals surface area contributed by atoms with Crippen LogP contribution in [0.15, 0.2) is 53.2 Å². The van der Waals surface area contributed by atoms with Crippen molar-refractivity contribution in [3.8, 4) is 16.3 Å². The lowest BCUT2D eigenvalue weighted by atomic mass is 10.2. The maximum Gasteiger partial charge on any atom is 0.250 e. The van der Waals surface area contributed by atoms with E-state index >= 15 is 0 Å². The number of carbonyl (C=O) groups excluding carboxylic acids is 1. The Morgan fingerprint density at radius 2 is 2.09 bits per heavy atom.